The maximum Gasteiger partial charge on any atom is 0.136 e. The Morgan fingerprint density at radius 3 is 1.43 bits per heavy atom. The number of rotatable bonds is 9. The van der Waals surface area contributed by atoms with Gasteiger partial charge in [0.1, 0.15) is 11.2 Å². The molecular formula is C67H45NO. The maximum absolute atomic E-state index is 6.36. The van der Waals surface area contributed by atoms with E-state index in [4.69, 9.17) is 4.42 Å². The first-order valence-electron chi connectivity index (χ1n) is 23.7. The SMILES string of the molecule is c1ccc(-c2ccc(-c3cccc(N(c4ccc(-c5cccc6c5-c5ccccc5C6(c5ccccc5)c5ccccc5)cc4)c4cccc(-c5ccc6c(c5)oc5ccccc56)c4)c3)cc2)cc1. The lowest BCUT2D eigenvalue weighted by Gasteiger charge is -2.34. The Morgan fingerprint density at radius 1 is 0.275 bits per heavy atom. The van der Waals surface area contributed by atoms with Crippen molar-refractivity contribution in [1.29, 1.82) is 0 Å². The Hall–Kier alpha value is -8.98. The zero-order valence-electron chi connectivity index (χ0n) is 37.8. The molecule has 0 bridgehead atoms. The molecule has 0 aliphatic heterocycles. The predicted molar refractivity (Wildman–Crippen MR) is 287 cm³/mol. The maximum atomic E-state index is 6.36. The van der Waals surface area contributed by atoms with Crippen molar-refractivity contribution in [3.63, 3.8) is 0 Å². The first-order chi connectivity index (χ1) is 34.2. The van der Waals surface area contributed by atoms with Crippen LogP contribution in [0.2, 0.25) is 0 Å². The fourth-order valence-electron chi connectivity index (χ4n) is 11.0. The fraction of sp³-hybridized carbons (Fsp3) is 0.0149. The van der Waals surface area contributed by atoms with Gasteiger partial charge in [0.25, 0.3) is 0 Å². The van der Waals surface area contributed by atoms with Gasteiger partial charge in [0, 0.05) is 27.8 Å². The Labute approximate surface area is 402 Å². The van der Waals surface area contributed by atoms with Crippen molar-refractivity contribution in [2.24, 2.45) is 0 Å². The van der Waals surface area contributed by atoms with Crippen molar-refractivity contribution >= 4 is 39.0 Å². The Morgan fingerprint density at radius 2 is 0.739 bits per heavy atom. The smallest absolute Gasteiger partial charge is 0.136 e. The van der Waals surface area contributed by atoms with Gasteiger partial charge in [-0.15, -0.1) is 0 Å². The molecule has 0 amide bonds. The third-order valence-electron chi connectivity index (χ3n) is 14.2. The van der Waals surface area contributed by atoms with Gasteiger partial charge in [0.2, 0.25) is 0 Å². The van der Waals surface area contributed by atoms with E-state index in [2.05, 4.69) is 266 Å². The molecule has 1 aromatic heterocycles. The highest BCUT2D eigenvalue weighted by Crippen LogP contribution is 2.58. The molecule has 12 aromatic rings. The lowest BCUT2D eigenvalue weighted by molar-refractivity contribution is 0.669. The molecule has 1 heterocycles. The van der Waals surface area contributed by atoms with Crippen molar-refractivity contribution in [3.8, 4) is 55.6 Å². The summed E-state index contributed by atoms with van der Waals surface area (Å²) in [4.78, 5) is 2.38. The van der Waals surface area contributed by atoms with Crippen LogP contribution in [-0.2, 0) is 5.41 Å². The van der Waals surface area contributed by atoms with E-state index in [0.717, 1.165) is 55.7 Å². The summed E-state index contributed by atoms with van der Waals surface area (Å²) in [6, 6.07) is 99.2. The van der Waals surface area contributed by atoms with E-state index in [1.54, 1.807) is 0 Å². The molecule has 2 heteroatoms. The van der Waals surface area contributed by atoms with Gasteiger partial charge in [-0.3, -0.25) is 0 Å². The minimum atomic E-state index is -0.464. The second-order valence-corrected chi connectivity index (χ2v) is 18.0. The molecule has 2 nitrogen and oxygen atoms in total. The van der Waals surface area contributed by atoms with Crippen LogP contribution in [0.1, 0.15) is 22.3 Å². The van der Waals surface area contributed by atoms with E-state index in [9.17, 15) is 0 Å². The second-order valence-electron chi connectivity index (χ2n) is 18.0. The van der Waals surface area contributed by atoms with Gasteiger partial charge in [0.15, 0.2) is 0 Å². The highest BCUT2D eigenvalue weighted by atomic mass is 16.3. The number of nitrogens with zero attached hydrogens (tertiary/aromatic N) is 1. The van der Waals surface area contributed by atoms with Crippen molar-refractivity contribution < 1.29 is 4.42 Å². The molecule has 0 atom stereocenters. The summed E-state index contributed by atoms with van der Waals surface area (Å²) < 4.78 is 6.36. The van der Waals surface area contributed by atoms with Gasteiger partial charge < -0.3 is 9.32 Å². The predicted octanol–water partition coefficient (Wildman–Crippen LogP) is 18.1. The number of hydrogen-bond donors (Lipinski definition) is 0. The third-order valence-corrected chi connectivity index (χ3v) is 14.2. The first kappa shape index (κ1) is 40.3. The summed E-state index contributed by atoms with van der Waals surface area (Å²) in [5.74, 6) is 0. The molecule has 13 rings (SSSR count). The summed E-state index contributed by atoms with van der Waals surface area (Å²) in [5.41, 5.74) is 21.5. The van der Waals surface area contributed by atoms with Crippen LogP contribution in [0.25, 0.3) is 77.6 Å². The quantitative estimate of drug-likeness (QED) is 0.144. The molecule has 0 saturated heterocycles. The Balaban J connectivity index is 0.936. The average Bonchev–Trinajstić information content (AvgIpc) is 3.96. The zero-order chi connectivity index (χ0) is 45.7. The lowest BCUT2D eigenvalue weighted by atomic mass is 9.67. The normalized spacial score (nSPS) is 12.5. The van der Waals surface area contributed by atoms with E-state index in [1.165, 1.54) is 61.2 Å². The summed E-state index contributed by atoms with van der Waals surface area (Å²) in [5, 5.41) is 2.26. The topological polar surface area (TPSA) is 16.4 Å². The minimum Gasteiger partial charge on any atom is -0.456 e. The molecular weight excluding hydrogens is 835 g/mol. The standard InChI is InChI=1S/C67H45NO/c1-4-17-46(18-5-1)47-33-35-48(36-34-47)50-19-14-25-56(43-50)68(57-26-15-20-51(44-57)52-39-42-60-59-27-11-13-32-64(59)69-65(60)45-52)55-40-37-49(38-41-55)58-29-16-31-63-66(58)61-28-10-12-30-62(61)67(63,53-21-6-2-7-22-53)54-23-8-3-9-24-54/h1-45H. The van der Waals surface area contributed by atoms with Crippen LogP contribution in [-0.4, -0.2) is 0 Å². The van der Waals surface area contributed by atoms with Gasteiger partial charge in [-0.2, -0.15) is 0 Å². The number of para-hydroxylation sites is 1. The van der Waals surface area contributed by atoms with Crippen LogP contribution in [0.5, 0.6) is 0 Å². The molecule has 0 radical (unpaired) electrons. The molecule has 1 aliphatic carbocycles. The van der Waals surface area contributed by atoms with Crippen molar-refractivity contribution in [2.45, 2.75) is 5.41 Å². The number of hydrogen-bond acceptors (Lipinski definition) is 2. The lowest BCUT2D eigenvalue weighted by Crippen LogP contribution is -2.28. The minimum absolute atomic E-state index is 0.464. The van der Waals surface area contributed by atoms with Gasteiger partial charge in [-0.05, 0) is 132 Å². The highest BCUT2D eigenvalue weighted by Gasteiger charge is 2.46. The summed E-state index contributed by atoms with van der Waals surface area (Å²) in [6.07, 6.45) is 0. The van der Waals surface area contributed by atoms with Crippen molar-refractivity contribution in [1.82, 2.24) is 0 Å². The third kappa shape index (κ3) is 6.80. The molecule has 0 unspecified atom stereocenters. The fourth-order valence-corrected chi connectivity index (χ4v) is 11.0. The summed E-state index contributed by atoms with van der Waals surface area (Å²) in [6.45, 7) is 0. The molecule has 324 valence electrons. The monoisotopic (exact) mass is 879 g/mol. The molecule has 0 saturated carbocycles. The Kier molecular flexibility index (Phi) is 9.77. The molecule has 11 aromatic carbocycles. The molecule has 69 heavy (non-hydrogen) atoms. The average molecular weight is 880 g/mol. The van der Waals surface area contributed by atoms with Crippen molar-refractivity contribution in [3.05, 3.63) is 295 Å². The van der Waals surface area contributed by atoms with E-state index in [0.29, 0.717) is 0 Å². The summed E-state index contributed by atoms with van der Waals surface area (Å²) in [7, 11) is 0. The first-order valence-corrected chi connectivity index (χ1v) is 23.7. The van der Waals surface area contributed by atoms with E-state index >= 15 is 0 Å². The number of anilines is 3. The molecule has 1 aliphatic rings. The van der Waals surface area contributed by atoms with Crippen LogP contribution >= 0.6 is 0 Å². The van der Waals surface area contributed by atoms with Crippen LogP contribution in [0.15, 0.2) is 277 Å². The highest BCUT2D eigenvalue weighted by molar-refractivity contribution is 6.06. The largest absolute Gasteiger partial charge is 0.456 e. The molecule has 0 fully saturated rings. The number of fused-ring (bicyclic) bond motifs is 6. The van der Waals surface area contributed by atoms with Gasteiger partial charge in [-0.1, -0.05) is 218 Å². The second kappa shape index (κ2) is 16.7. The van der Waals surface area contributed by atoms with Crippen LogP contribution < -0.4 is 4.90 Å². The Bertz CT molecular complexity index is 3780. The molecule has 0 spiro atoms. The summed E-state index contributed by atoms with van der Waals surface area (Å²) >= 11 is 0. The van der Waals surface area contributed by atoms with Gasteiger partial charge in [-0.25, -0.2) is 0 Å². The van der Waals surface area contributed by atoms with E-state index in [1.807, 2.05) is 12.1 Å². The van der Waals surface area contributed by atoms with Crippen molar-refractivity contribution in [2.75, 3.05) is 4.90 Å². The van der Waals surface area contributed by atoms with Gasteiger partial charge >= 0.3 is 0 Å². The number of benzene rings is 11. The molecule has 0 N–H and O–H groups in total. The van der Waals surface area contributed by atoms with Crippen LogP contribution in [0.4, 0.5) is 17.1 Å². The van der Waals surface area contributed by atoms with E-state index in [-0.39, 0.29) is 0 Å². The van der Waals surface area contributed by atoms with E-state index < -0.39 is 5.41 Å². The van der Waals surface area contributed by atoms with Gasteiger partial charge in [0.05, 0.1) is 5.41 Å². The zero-order valence-corrected chi connectivity index (χ0v) is 37.8. The van der Waals surface area contributed by atoms with Crippen LogP contribution in [0.3, 0.4) is 0 Å². The number of furan rings is 1. The van der Waals surface area contributed by atoms with Crippen LogP contribution in [0, 0.1) is 0 Å².